The third-order valence-electron chi connectivity index (χ3n) is 3.82. The van der Waals surface area contributed by atoms with Crippen molar-refractivity contribution in [2.45, 2.75) is 57.4 Å². The van der Waals surface area contributed by atoms with Crippen LogP contribution in [0.2, 0.25) is 0 Å². The molecule has 88 valence electrons. The van der Waals surface area contributed by atoms with Crippen molar-refractivity contribution in [2.75, 3.05) is 0 Å². The highest BCUT2D eigenvalue weighted by Crippen LogP contribution is 2.38. The van der Waals surface area contributed by atoms with Crippen LogP contribution in [0.15, 0.2) is 24.3 Å². The van der Waals surface area contributed by atoms with Crippen LogP contribution in [0.3, 0.4) is 0 Å². The van der Waals surface area contributed by atoms with Gasteiger partial charge in [0, 0.05) is 6.04 Å². The monoisotopic (exact) mass is 217 g/mol. The smallest absolute Gasteiger partial charge is 0.0297 e. The summed E-state index contributed by atoms with van der Waals surface area (Å²) in [6.07, 6.45) is 7.83. The fourth-order valence-corrected chi connectivity index (χ4v) is 2.85. The molecule has 2 rings (SSSR count). The van der Waals surface area contributed by atoms with Gasteiger partial charge in [0.05, 0.1) is 0 Å². The van der Waals surface area contributed by atoms with Gasteiger partial charge in [0.15, 0.2) is 0 Å². The van der Waals surface area contributed by atoms with Gasteiger partial charge < -0.3 is 5.73 Å². The Morgan fingerprint density at radius 1 is 1.12 bits per heavy atom. The lowest BCUT2D eigenvalue weighted by Gasteiger charge is -2.29. The van der Waals surface area contributed by atoms with Gasteiger partial charge in [-0.1, -0.05) is 50.5 Å². The third-order valence-corrected chi connectivity index (χ3v) is 3.82. The first-order chi connectivity index (χ1) is 7.83. The van der Waals surface area contributed by atoms with E-state index in [-0.39, 0.29) is 6.04 Å². The van der Waals surface area contributed by atoms with Crippen molar-refractivity contribution in [3.05, 3.63) is 35.4 Å². The molecule has 1 aromatic rings. The topological polar surface area (TPSA) is 26.0 Å². The van der Waals surface area contributed by atoms with Crippen molar-refractivity contribution in [1.82, 2.24) is 0 Å². The molecule has 0 spiro atoms. The zero-order valence-electron chi connectivity index (χ0n) is 10.3. The van der Waals surface area contributed by atoms with Gasteiger partial charge in [-0.15, -0.1) is 0 Å². The first-order valence-electron chi connectivity index (χ1n) is 6.67. The number of benzene rings is 1. The summed E-state index contributed by atoms with van der Waals surface area (Å²) in [4.78, 5) is 0. The third kappa shape index (κ3) is 2.46. The molecule has 0 aromatic heterocycles. The van der Waals surface area contributed by atoms with Crippen LogP contribution in [0.4, 0.5) is 0 Å². The van der Waals surface area contributed by atoms with Crippen molar-refractivity contribution < 1.29 is 0 Å². The summed E-state index contributed by atoms with van der Waals surface area (Å²) >= 11 is 0. The Balaban J connectivity index is 2.09. The number of hydrogen-bond acceptors (Lipinski definition) is 1. The van der Waals surface area contributed by atoms with Gasteiger partial charge >= 0.3 is 0 Å². The highest BCUT2D eigenvalue weighted by Gasteiger charge is 2.23. The van der Waals surface area contributed by atoms with E-state index in [1.54, 1.807) is 0 Å². The fourth-order valence-electron chi connectivity index (χ4n) is 2.85. The SMILES string of the molecule is CCCCCC1CCC(N)c2ccccc21. The van der Waals surface area contributed by atoms with Gasteiger partial charge in [0.25, 0.3) is 0 Å². The summed E-state index contributed by atoms with van der Waals surface area (Å²) in [5, 5.41) is 0. The second-order valence-electron chi connectivity index (χ2n) is 5.01. The Kier molecular flexibility index (Phi) is 4.00. The summed E-state index contributed by atoms with van der Waals surface area (Å²) in [6.45, 7) is 2.27. The summed E-state index contributed by atoms with van der Waals surface area (Å²) in [6, 6.07) is 9.05. The average molecular weight is 217 g/mol. The van der Waals surface area contributed by atoms with E-state index in [1.165, 1.54) is 43.2 Å². The van der Waals surface area contributed by atoms with Crippen LogP contribution in [0, 0.1) is 0 Å². The minimum atomic E-state index is 0.277. The number of fused-ring (bicyclic) bond motifs is 1. The van der Waals surface area contributed by atoms with Crippen LogP contribution in [0.1, 0.15) is 68.5 Å². The van der Waals surface area contributed by atoms with E-state index in [4.69, 9.17) is 5.73 Å². The number of unbranched alkanes of at least 4 members (excludes halogenated alkanes) is 2. The zero-order chi connectivity index (χ0) is 11.4. The normalized spacial score (nSPS) is 24.1. The number of nitrogens with two attached hydrogens (primary N) is 1. The standard InChI is InChI=1S/C15H23N/c1-2-3-4-7-12-10-11-15(16)14-9-6-5-8-13(12)14/h5-6,8-9,12,15H,2-4,7,10-11,16H2,1H3. The molecule has 2 atom stereocenters. The van der Waals surface area contributed by atoms with Crippen molar-refractivity contribution in [1.29, 1.82) is 0 Å². The predicted molar refractivity (Wildman–Crippen MR) is 69.5 cm³/mol. The van der Waals surface area contributed by atoms with Crippen LogP contribution < -0.4 is 5.73 Å². The summed E-state index contributed by atoms with van der Waals surface area (Å²) in [7, 11) is 0. The van der Waals surface area contributed by atoms with Crippen molar-refractivity contribution in [2.24, 2.45) is 5.73 Å². The van der Waals surface area contributed by atoms with E-state index in [9.17, 15) is 0 Å². The molecular weight excluding hydrogens is 194 g/mol. The number of rotatable bonds is 4. The summed E-state index contributed by atoms with van der Waals surface area (Å²) in [5.74, 6) is 0.766. The van der Waals surface area contributed by atoms with Gasteiger partial charge in [-0.05, 0) is 36.3 Å². The molecule has 0 fully saturated rings. The molecular formula is C15H23N. The van der Waals surface area contributed by atoms with E-state index in [1.807, 2.05) is 0 Å². The van der Waals surface area contributed by atoms with Crippen molar-refractivity contribution >= 4 is 0 Å². The second-order valence-corrected chi connectivity index (χ2v) is 5.01. The lowest BCUT2D eigenvalue weighted by Crippen LogP contribution is -2.20. The van der Waals surface area contributed by atoms with Crippen LogP contribution in [-0.4, -0.2) is 0 Å². The highest BCUT2D eigenvalue weighted by atomic mass is 14.6. The van der Waals surface area contributed by atoms with Crippen LogP contribution >= 0.6 is 0 Å². The lowest BCUT2D eigenvalue weighted by atomic mass is 9.78. The van der Waals surface area contributed by atoms with Crippen LogP contribution in [0.5, 0.6) is 0 Å². The molecule has 2 unspecified atom stereocenters. The summed E-state index contributed by atoms with van der Waals surface area (Å²) < 4.78 is 0. The van der Waals surface area contributed by atoms with E-state index in [0.29, 0.717) is 0 Å². The van der Waals surface area contributed by atoms with Gasteiger partial charge in [0.1, 0.15) is 0 Å². The predicted octanol–water partition coefficient (Wildman–Crippen LogP) is 4.14. The van der Waals surface area contributed by atoms with E-state index in [2.05, 4.69) is 31.2 Å². The van der Waals surface area contributed by atoms with Crippen LogP contribution in [0.25, 0.3) is 0 Å². The quantitative estimate of drug-likeness (QED) is 0.753. The molecule has 2 N–H and O–H groups in total. The molecule has 1 aliphatic carbocycles. The highest BCUT2D eigenvalue weighted by molar-refractivity contribution is 5.34. The van der Waals surface area contributed by atoms with Crippen molar-refractivity contribution in [3.63, 3.8) is 0 Å². The fraction of sp³-hybridized carbons (Fsp3) is 0.600. The second kappa shape index (κ2) is 5.49. The first kappa shape index (κ1) is 11.7. The van der Waals surface area contributed by atoms with Crippen LogP contribution in [-0.2, 0) is 0 Å². The largest absolute Gasteiger partial charge is 0.324 e. The Morgan fingerprint density at radius 2 is 1.88 bits per heavy atom. The maximum absolute atomic E-state index is 6.16. The van der Waals surface area contributed by atoms with Crippen molar-refractivity contribution in [3.8, 4) is 0 Å². The number of hydrogen-bond donors (Lipinski definition) is 1. The van der Waals surface area contributed by atoms with E-state index in [0.717, 1.165) is 12.3 Å². The molecule has 1 heteroatoms. The molecule has 0 saturated heterocycles. The van der Waals surface area contributed by atoms with Gasteiger partial charge in [-0.25, -0.2) is 0 Å². The first-order valence-corrected chi connectivity index (χ1v) is 6.67. The van der Waals surface area contributed by atoms with E-state index >= 15 is 0 Å². The van der Waals surface area contributed by atoms with Gasteiger partial charge in [-0.2, -0.15) is 0 Å². The molecule has 1 nitrogen and oxygen atoms in total. The molecule has 0 heterocycles. The molecule has 0 aliphatic heterocycles. The van der Waals surface area contributed by atoms with Gasteiger partial charge in [-0.3, -0.25) is 0 Å². The van der Waals surface area contributed by atoms with E-state index < -0.39 is 0 Å². The van der Waals surface area contributed by atoms with Gasteiger partial charge in [0.2, 0.25) is 0 Å². The Hall–Kier alpha value is -0.820. The molecule has 1 aliphatic rings. The Morgan fingerprint density at radius 3 is 2.62 bits per heavy atom. The minimum absolute atomic E-state index is 0.277. The molecule has 16 heavy (non-hydrogen) atoms. The molecule has 0 saturated carbocycles. The average Bonchev–Trinajstić information content (AvgIpc) is 2.33. The maximum Gasteiger partial charge on any atom is 0.0297 e. The molecule has 1 aromatic carbocycles. The molecule has 0 bridgehead atoms. The molecule has 0 amide bonds. The maximum atomic E-state index is 6.16. The summed E-state index contributed by atoms with van der Waals surface area (Å²) in [5.41, 5.74) is 9.09. The minimum Gasteiger partial charge on any atom is -0.324 e. The Bertz CT molecular complexity index is 332. The zero-order valence-corrected chi connectivity index (χ0v) is 10.3. The molecule has 0 radical (unpaired) electrons. The Labute approximate surface area is 99.0 Å². The lowest BCUT2D eigenvalue weighted by molar-refractivity contribution is 0.454.